The first kappa shape index (κ1) is 7.51. The summed E-state index contributed by atoms with van der Waals surface area (Å²) >= 11 is 0. The Morgan fingerprint density at radius 3 is 2.50 bits per heavy atom. The first-order valence-corrected chi connectivity index (χ1v) is 3.50. The molecular formula is C7H11FO2. The lowest BCUT2D eigenvalue weighted by Crippen LogP contribution is -2.26. The van der Waals surface area contributed by atoms with Crippen molar-refractivity contribution in [2.75, 3.05) is 6.67 Å². The number of hydrogen-bond donors (Lipinski definition) is 1. The van der Waals surface area contributed by atoms with Crippen LogP contribution in [0.5, 0.6) is 0 Å². The Morgan fingerprint density at radius 2 is 2.10 bits per heavy atom. The van der Waals surface area contributed by atoms with Crippen LogP contribution in [0.2, 0.25) is 0 Å². The molecule has 0 atom stereocenters. The maximum Gasteiger partial charge on any atom is 0.303 e. The SMILES string of the molecule is O=C(O)CC1CC(CF)C1. The van der Waals surface area contributed by atoms with Gasteiger partial charge in [0, 0.05) is 6.42 Å². The predicted molar refractivity (Wildman–Crippen MR) is 34.4 cm³/mol. The average Bonchev–Trinajstić information content (AvgIpc) is 1.76. The summed E-state index contributed by atoms with van der Waals surface area (Å²) in [4.78, 5) is 10.1. The standard InChI is InChI=1S/C7H11FO2/c8-4-6-1-5(2-6)3-7(9)10/h5-6H,1-4H2,(H,9,10). The fourth-order valence-corrected chi connectivity index (χ4v) is 1.41. The lowest BCUT2D eigenvalue weighted by Gasteiger charge is -2.32. The molecule has 1 fully saturated rings. The summed E-state index contributed by atoms with van der Waals surface area (Å²) in [5.74, 6) is -0.357. The van der Waals surface area contributed by atoms with Crippen LogP contribution in [0.4, 0.5) is 4.39 Å². The minimum Gasteiger partial charge on any atom is -0.481 e. The van der Waals surface area contributed by atoms with Crippen LogP contribution in [0, 0.1) is 11.8 Å². The normalized spacial score (nSPS) is 31.3. The maximum atomic E-state index is 11.8. The van der Waals surface area contributed by atoms with E-state index < -0.39 is 5.97 Å². The number of halogens is 1. The molecule has 2 nitrogen and oxygen atoms in total. The van der Waals surface area contributed by atoms with Gasteiger partial charge >= 0.3 is 5.97 Å². The van der Waals surface area contributed by atoms with Crippen LogP contribution >= 0.6 is 0 Å². The zero-order valence-electron chi connectivity index (χ0n) is 5.72. The topological polar surface area (TPSA) is 37.3 Å². The molecule has 1 rings (SSSR count). The van der Waals surface area contributed by atoms with Crippen LogP contribution in [-0.4, -0.2) is 17.8 Å². The Hall–Kier alpha value is -0.600. The molecule has 0 spiro atoms. The van der Waals surface area contributed by atoms with Crippen molar-refractivity contribution in [3.63, 3.8) is 0 Å². The Labute approximate surface area is 59.0 Å². The molecule has 0 aromatic heterocycles. The van der Waals surface area contributed by atoms with Gasteiger partial charge in [-0.25, -0.2) is 0 Å². The summed E-state index contributed by atoms with van der Waals surface area (Å²) in [6, 6.07) is 0. The Balaban J connectivity index is 2.08. The molecule has 58 valence electrons. The number of rotatable bonds is 3. The van der Waals surface area contributed by atoms with Gasteiger partial charge in [-0.2, -0.15) is 0 Å². The van der Waals surface area contributed by atoms with Crippen LogP contribution in [0.3, 0.4) is 0 Å². The third kappa shape index (κ3) is 1.69. The largest absolute Gasteiger partial charge is 0.481 e. The van der Waals surface area contributed by atoms with E-state index in [1.54, 1.807) is 0 Å². The second-order valence-electron chi connectivity index (χ2n) is 2.96. The van der Waals surface area contributed by atoms with Crippen molar-refractivity contribution in [1.82, 2.24) is 0 Å². The van der Waals surface area contributed by atoms with Crippen molar-refractivity contribution in [2.45, 2.75) is 19.3 Å². The molecule has 1 aliphatic carbocycles. The second-order valence-corrected chi connectivity index (χ2v) is 2.96. The number of carboxylic acid groups (broad SMARTS) is 1. The van der Waals surface area contributed by atoms with Gasteiger partial charge < -0.3 is 5.11 Å². The summed E-state index contributed by atoms with van der Waals surface area (Å²) in [6.45, 7) is -0.282. The molecule has 0 amide bonds. The minimum atomic E-state index is -0.762. The van der Waals surface area contributed by atoms with Gasteiger partial charge in [0.1, 0.15) is 0 Å². The molecule has 0 aromatic carbocycles. The number of alkyl halides is 1. The summed E-state index contributed by atoms with van der Waals surface area (Å²) < 4.78 is 11.8. The highest BCUT2D eigenvalue weighted by Gasteiger charge is 2.30. The highest BCUT2D eigenvalue weighted by atomic mass is 19.1. The molecule has 1 N–H and O–H groups in total. The number of carboxylic acids is 1. The molecular weight excluding hydrogens is 135 g/mol. The van der Waals surface area contributed by atoms with Crippen molar-refractivity contribution in [1.29, 1.82) is 0 Å². The zero-order chi connectivity index (χ0) is 7.56. The molecule has 3 heteroatoms. The van der Waals surface area contributed by atoms with Crippen LogP contribution in [-0.2, 0) is 4.79 Å². The van der Waals surface area contributed by atoms with Gasteiger partial charge in [0.05, 0.1) is 6.67 Å². The Bertz CT molecular complexity index is 130. The van der Waals surface area contributed by atoms with E-state index in [-0.39, 0.29) is 24.9 Å². The lowest BCUT2D eigenvalue weighted by molar-refractivity contribution is -0.139. The van der Waals surface area contributed by atoms with E-state index >= 15 is 0 Å². The van der Waals surface area contributed by atoms with E-state index in [1.165, 1.54) is 0 Å². The highest BCUT2D eigenvalue weighted by molar-refractivity contribution is 5.67. The van der Waals surface area contributed by atoms with Crippen LogP contribution < -0.4 is 0 Å². The van der Waals surface area contributed by atoms with Crippen molar-refractivity contribution in [3.8, 4) is 0 Å². The number of hydrogen-bond acceptors (Lipinski definition) is 1. The monoisotopic (exact) mass is 146 g/mol. The summed E-state index contributed by atoms with van der Waals surface area (Å²) in [5, 5.41) is 8.31. The molecule has 10 heavy (non-hydrogen) atoms. The Morgan fingerprint density at radius 1 is 1.50 bits per heavy atom. The molecule has 1 aliphatic rings. The van der Waals surface area contributed by atoms with Crippen molar-refractivity contribution >= 4 is 5.97 Å². The van der Waals surface area contributed by atoms with Crippen molar-refractivity contribution in [3.05, 3.63) is 0 Å². The molecule has 0 aromatic rings. The van der Waals surface area contributed by atoms with Gasteiger partial charge in [0.25, 0.3) is 0 Å². The Kier molecular flexibility index (Phi) is 2.25. The summed E-state index contributed by atoms with van der Waals surface area (Å²) in [7, 11) is 0. The van der Waals surface area contributed by atoms with Gasteiger partial charge in [-0.3, -0.25) is 9.18 Å². The van der Waals surface area contributed by atoms with Crippen LogP contribution in [0.1, 0.15) is 19.3 Å². The quantitative estimate of drug-likeness (QED) is 0.654. The number of aliphatic carboxylic acids is 1. The molecule has 0 aliphatic heterocycles. The molecule has 0 radical (unpaired) electrons. The van der Waals surface area contributed by atoms with Crippen LogP contribution in [0.25, 0.3) is 0 Å². The number of carbonyl (C=O) groups is 1. The van der Waals surface area contributed by atoms with Crippen LogP contribution in [0.15, 0.2) is 0 Å². The lowest BCUT2D eigenvalue weighted by atomic mass is 9.74. The highest BCUT2D eigenvalue weighted by Crippen LogP contribution is 2.35. The third-order valence-electron chi connectivity index (χ3n) is 2.01. The smallest absolute Gasteiger partial charge is 0.303 e. The second kappa shape index (κ2) is 2.99. The molecule has 0 saturated heterocycles. The average molecular weight is 146 g/mol. The predicted octanol–water partition coefficient (Wildman–Crippen LogP) is 1.46. The fraction of sp³-hybridized carbons (Fsp3) is 0.857. The van der Waals surface area contributed by atoms with Gasteiger partial charge in [-0.1, -0.05) is 0 Å². The van der Waals surface area contributed by atoms with E-state index in [0.29, 0.717) is 0 Å². The molecule has 0 bridgehead atoms. The third-order valence-corrected chi connectivity index (χ3v) is 2.01. The zero-order valence-corrected chi connectivity index (χ0v) is 5.72. The van der Waals surface area contributed by atoms with Gasteiger partial charge in [-0.05, 0) is 24.7 Å². The van der Waals surface area contributed by atoms with E-state index in [0.717, 1.165) is 12.8 Å². The van der Waals surface area contributed by atoms with E-state index in [4.69, 9.17) is 5.11 Å². The minimum absolute atomic E-state index is 0.157. The first-order chi connectivity index (χ1) is 4.72. The van der Waals surface area contributed by atoms with E-state index in [1.807, 2.05) is 0 Å². The molecule has 1 saturated carbocycles. The van der Waals surface area contributed by atoms with Gasteiger partial charge in [0.2, 0.25) is 0 Å². The summed E-state index contributed by atoms with van der Waals surface area (Å²) in [6.07, 6.45) is 1.75. The van der Waals surface area contributed by atoms with Gasteiger partial charge in [0.15, 0.2) is 0 Å². The van der Waals surface area contributed by atoms with Gasteiger partial charge in [-0.15, -0.1) is 0 Å². The van der Waals surface area contributed by atoms with Crippen molar-refractivity contribution in [2.24, 2.45) is 11.8 Å². The fourth-order valence-electron chi connectivity index (χ4n) is 1.41. The molecule has 0 heterocycles. The first-order valence-electron chi connectivity index (χ1n) is 3.50. The van der Waals surface area contributed by atoms with E-state index in [9.17, 15) is 9.18 Å². The summed E-state index contributed by atoms with van der Waals surface area (Å²) in [5.41, 5.74) is 0. The van der Waals surface area contributed by atoms with Crippen molar-refractivity contribution < 1.29 is 14.3 Å². The maximum absolute atomic E-state index is 11.8. The van der Waals surface area contributed by atoms with E-state index in [2.05, 4.69) is 0 Å². The molecule has 0 unspecified atom stereocenters.